The first-order valence-corrected chi connectivity index (χ1v) is 3.53. The van der Waals surface area contributed by atoms with Crippen LogP contribution in [0.4, 0.5) is 0 Å². The van der Waals surface area contributed by atoms with Gasteiger partial charge in [0.15, 0.2) is 0 Å². The SMILES string of the molecule is CCn1nccc1CNC. The third kappa shape index (κ3) is 1.36. The van der Waals surface area contributed by atoms with Gasteiger partial charge in [-0.15, -0.1) is 0 Å². The van der Waals surface area contributed by atoms with Gasteiger partial charge in [-0.05, 0) is 20.0 Å². The van der Waals surface area contributed by atoms with Crippen LogP contribution in [0.1, 0.15) is 12.6 Å². The van der Waals surface area contributed by atoms with Crippen molar-refractivity contribution in [3.05, 3.63) is 18.0 Å². The molecule has 3 heteroatoms. The molecule has 1 rings (SSSR count). The number of aromatic nitrogens is 2. The molecule has 0 saturated carbocycles. The van der Waals surface area contributed by atoms with Crippen molar-refractivity contribution in [2.45, 2.75) is 20.0 Å². The molecule has 1 aromatic heterocycles. The van der Waals surface area contributed by atoms with Crippen molar-refractivity contribution < 1.29 is 0 Å². The van der Waals surface area contributed by atoms with Gasteiger partial charge in [0.1, 0.15) is 0 Å². The van der Waals surface area contributed by atoms with E-state index in [9.17, 15) is 0 Å². The number of nitrogens with zero attached hydrogens (tertiary/aromatic N) is 2. The lowest BCUT2D eigenvalue weighted by atomic mass is 10.4. The van der Waals surface area contributed by atoms with Gasteiger partial charge in [-0.2, -0.15) is 5.10 Å². The van der Waals surface area contributed by atoms with Gasteiger partial charge in [0.2, 0.25) is 0 Å². The maximum absolute atomic E-state index is 4.13. The molecule has 0 fully saturated rings. The molecule has 0 bridgehead atoms. The Morgan fingerprint density at radius 3 is 3.10 bits per heavy atom. The minimum atomic E-state index is 0.897. The third-order valence-electron chi connectivity index (χ3n) is 1.46. The van der Waals surface area contributed by atoms with Gasteiger partial charge in [-0.25, -0.2) is 0 Å². The van der Waals surface area contributed by atoms with E-state index in [-0.39, 0.29) is 0 Å². The molecule has 0 unspecified atom stereocenters. The maximum atomic E-state index is 4.13. The van der Waals surface area contributed by atoms with Crippen LogP contribution in [0.2, 0.25) is 0 Å². The topological polar surface area (TPSA) is 29.9 Å². The molecular formula is C7H13N3. The van der Waals surface area contributed by atoms with Crippen LogP contribution in [0.3, 0.4) is 0 Å². The fourth-order valence-corrected chi connectivity index (χ4v) is 0.976. The molecule has 1 N–H and O–H groups in total. The van der Waals surface area contributed by atoms with E-state index in [0.717, 1.165) is 13.1 Å². The van der Waals surface area contributed by atoms with Crippen molar-refractivity contribution in [3.8, 4) is 0 Å². The number of rotatable bonds is 3. The van der Waals surface area contributed by atoms with E-state index in [2.05, 4.69) is 17.3 Å². The van der Waals surface area contributed by atoms with Gasteiger partial charge in [-0.1, -0.05) is 0 Å². The van der Waals surface area contributed by atoms with Crippen LogP contribution in [0.25, 0.3) is 0 Å². The Bertz CT molecular complexity index is 192. The Balaban J connectivity index is 2.70. The zero-order valence-corrected chi connectivity index (χ0v) is 6.46. The molecule has 0 aliphatic carbocycles. The Hall–Kier alpha value is -0.830. The Morgan fingerprint density at radius 1 is 1.70 bits per heavy atom. The van der Waals surface area contributed by atoms with Crippen LogP contribution in [0, 0.1) is 0 Å². The van der Waals surface area contributed by atoms with Gasteiger partial charge >= 0.3 is 0 Å². The summed E-state index contributed by atoms with van der Waals surface area (Å²) in [5, 5.41) is 7.21. The van der Waals surface area contributed by atoms with Crippen LogP contribution in [-0.2, 0) is 13.1 Å². The summed E-state index contributed by atoms with van der Waals surface area (Å²) in [6, 6.07) is 2.03. The van der Waals surface area contributed by atoms with E-state index >= 15 is 0 Å². The zero-order valence-electron chi connectivity index (χ0n) is 6.46. The van der Waals surface area contributed by atoms with Crippen molar-refractivity contribution in [2.75, 3.05) is 7.05 Å². The van der Waals surface area contributed by atoms with Gasteiger partial charge in [0.25, 0.3) is 0 Å². The second kappa shape index (κ2) is 3.37. The molecular weight excluding hydrogens is 126 g/mol. The first-order valence-electron chi connectivity index (χ1n) is 3.53. The minimum absolute atomic E-state index is 0.897. The lowest BCUT2D eigenvalue weighted by Crippen LogP contribution is -2.11. The largest absolute Gasteiger partial charge is 0.314 e. The van der Waals surface area contributed by atoms with Gasteiger partial charge in [0, 0.05) is 19.3 Å². The standard InChI is InChI=1S/C7H13N3/c1-3-10-7(6-8-2)4-5-9-10/h4-5,8H,3,6H2,1-2H3. The van der Waals surface area contributed by atoms with Crippen LogP contribution in [-0.4, -0.2) is 16.8 Å². The molecule has 0 aliphatic heterocycles. The van der Waals surface area contributed by atoms with E-state index in [1.165, 1.54) is 5.69 Å². The molecule has 0 aromatic carbocycles. The molecule has 1 heterocycles. The minimum Gasteiger partial charge on any atom is -0.314 e. The average molecular weight is 139 g/mol. The van der Waals surface area contributed by atoms with Crippen molar-refractivity contribution in [1.29, 1.82) is 0 Å². The van der Waals surface area contributed by atoms with E-state index in [1.54, 1.807) is 0 Å². The van der Waals surface area contributed by atoms with Crippen LogP contribution >= 0.6 is 0 Å². The van der Waals surface area contributed by atoms with E-state index in [0.29, 0.717) is 0 Å². The fraction of sp³-hybridized carbons (Fsp3) is 0.571. The summed E-state index contributed by atoms with van der Waals surface area (Å²) in [4.78, 5) is 0. The van der Waals surface area contributed by atoms with Crippen molar-refractivity contribution >= 4 is 0 Å². The highest BCUT2D eigenvalue weighted by Crippen LogP contribution is 1.96. The van der Waals surface area contributed by atoms with Crippen LogP contribution in [0.5, 0.6) is 0 Å². The molecule has 56 valence electrons. The highest BCUT2D eigenvalue weighted by Gasteiger charge is 1.96. The number of hydrogen-bond acceptors (Lipinski definition) is 2. The van der Waals surface area contributed by atoms with Crippen LogP contribution in [0.15, 0.2) is 12.3 Å². The molecule has 0 amide bonds. The van der Waals surface area contributed by atoms with E-state index in [4.69, 9.17) is 0 Å². The molecule has 1 aromatic rings. The summed E-state index contributed by atoms with van der Waals surface area (Å²) in [6.07, 6.45) is 1.83. The van der Waals surface area contributed by atoms with Crippen LogP contribution < -0.4 is 5.32 Å². The second-order valence-corrected chi connectivity index (χ2v) is 2.17. The van der Waals surface area contributed by atoms with Gasteiger partial charge < -0.3 is 5.32 Å². The predicted molar refractivity (Wildman–Crippen MR) is 40.7 cm³/mol. The monoisotopic (exact) mass is 139 g/mol. The normalized spacial score (nSPS) is 10.2. The second-order valence-electron chi connectivity index (χ2n) is 2.17. The lowest BCUT2D eigenvalue weighted by Gasteiger charge is -2.01. The molecule has 3 nitrogen and oxygen atoms in total. The Labute approximate surface area is 61.0 Å². The Morgan fingerprint density at radius 2 is 2.50 bits per heavy atom. The third-order valence-corrected chi connectivity index (χ3v) is 1.46. The predicted octanol–water partition coefficient (Wildman–Crippen LogP) is 0.622. The maximum Gasteiger partial charge on any atom is 0.0521 e. The van der Waals surface area contributed by atoms with Crippen molar-refractivity contribution in [2.24, 2.45) is 0 Å². The quantitative estimate of drug-likeness (QED) is 0.665. The molecule has 0 saturated heterocycles. The molecule has 10 heavy (non-hydrogen) atoms. The first-order chi connectivity index (χ1) is 4.88. The van der Waals surface area contributed by atoms with E-state index < -0.39 is 0 Å². The summed E-state index contributed by atoms with van der Waals surface area (Å²) >= 11 is 0. The Kier molecular flexibility index (Phi) is 2.45. The highest BCUT2D eigenvalue weighted by molar-refractivity contribution is 4.99. The van der Waals surface area contributed by atoms with Gasteiger partial charge in [-0.3, -0.25) is 4.68 Å². The molecule has 0 radical (unpaired) electrons. The number of aryl methyl sites for hydroxylation is 1. The van der Waals surface area contributed by atoms with Gasteiger partial charge in [0.05, 0.1) is 5.69 Å². The van der Waals surface area contributed by atoms with E-state index in [1.807, 2.05) is 24.0 Å². The summed E-state index contributed by atoms with van der Waals surface area (Å²) in [7, 11) is 1.94. The summed E-state index contributed by atoms with van der Waals surface area (Å²) in [6.45, 7) is 3.93. The highest BCUT2D eigenvalue weighted by atomic mass is 15.3. The molecule has 0 atom stereocenters. The average Bonchev–Trinajstić information content (AvgIpc) is 2.36. The zero-order chi connectivity index (χ0) is 7.40. The first kappa shape index (κ1) is 7.28. The molecule has 0 aliphatic rings. The summed E-state index contributed by atoms with van der Waals surface area (Å²) < 4.78 is 1.98. The summed E-state index contributed by atoms with van der Waals surface area (Å²) in [5.41, 5.74) is 1.24. The van der Waals surface area contributed by atoms with Crippen molar-refractivity contribution in [3.63, 3.8) is 0 Å². The number of hydrogen-bond donors (Lipinski definition) is 1. The smallest absolute Gasteiger partial charge is 0.0521 e. The summed E-state index contributed by atoms with van der Waals surface area (Å²) in [5.74, 6) is 0. The molecule has 0 spiro atoms. The van der Waals surface area contributed by atoms with Crippen molar-refractivity contribution in [1.82, 2.24) is 15.1 Å². The number of nitrogens with one attached hydrogen (secondary N) is 1. The fourth-order valence-electron chi connectivity index (χ4n) is 0.976. The lowest BCUT2D eigenvalue weighted by molar-refractivity contribution is 0.603.